The van der Waals surface area contributed by atoms with E-state index in [4.69, 9.17) is 17.1 Å². The minimum Gasteiger partial charge on any atom is -0.357 e. The second-order valence-electron chi connectivity index (χ2n) is 2.50. The van der Waals surface area contributed by atoms with Gasteiger partial charge in [0.2, 0.25) is 0 Å². The predicted molar refractivity (Wildman–Crippen MR) is 51.9 cm³/mol. The minimum atomic E-state index is 0.687. The molecule has 0 saturated heterocycles. The van der Waals surface area contributed by atoms with Gasteiger partial charge >= 0.3 is 0 Å². The Labute approximate surface area is 75.8 Å². The molecule has 2 rings (SSSR count). The number of hydrogen-bond donors (Lipinski definition) is 0. The first-order valence-electron chi connectivity index (χ1n) is 3.69. The summed E-state index contributed by atoms with van der Waals surface area (Å²) in [5, 5.41) is 3.75. The van der Waals surface area contributed by atoms with Gasteiger partial charge in [0.1, 0.15) is 0 Å². The molecule has 1 heterocycles. The number of para-hydroxylation sites is 1. The summed E-state index contributed by atoms with van der Waals surface area (Å²) in [6, 6.07) is 7.67. The molecule has 12 heavy (non-hydrogen) atoms. The fraction of sp³-hybridized carbons (Fsp3) is 0.111. The topological polar surface area (TPSA) is 21.6 Å². The van der Waals surface area contributed by atoms with E-state index in [2.05, 4.69) is 5.16 Å². The van der Waals surface area contributed by atoms with E-state index in [0.29, 0.717) is 6.42 Å². The van der Waals surface area contributed by atoms with Gasteiger partial charge in [0, 0.05) is 23.1 Å². The Hall–Kier alpha value is -1.22. The van der Waals surface area contributed by atoms with Gasteiger partial charge in [-0.3, -0.25) is 0 Å². The van der Waals surface area contributed by atoms with Crippen LogP contribution in [0.3, 0.4) is 0 Å². The van der Waals surface area contributed by atoms with E-state index in [0.717, 1.165) is 16.2 Å². The molecule has 0 radical (unpaired) electrons. The largest absolute Gasteiger partial charge is 0.357 e. The monoisotopic (exact) mass is 177 g/mol. The number of nitrogens with zero attached hydrogens (tertiary/aromatic N) is 1. The molecule has 1 aliphatic rings. The molecule has 0 unspecified atom stereocenters. The fourth-order valence-corrected chi connectivity index (χ4v) is 1.34. The lowest BCUT2D eigenvalue weighted by molar-refractivity contribution is 0.344. The third-order valence-corrected chi connectivity index (χ3v) is 2.08. The van der Waals surface area contributed by atoms with Gasteiger partial charge in [-0.2, -0.15) is 0 Å². The van der Waals surface area contributed by atoms with Gasteiger partial charge in [-0.15, -0.1) is 0 Å². The summed E-state index contributed by atoms with van der Waals surface area (Å²) >= 11 is 5.18. The molecule has 60 valence electrons. The van der Waals surface area contributed by atoms with E-state index in [1.165, 1.54) is 0 Å². The molecule has 0 atom stereocenters. The average Bonchev–Trinajstić information content (AvgIpc) is 2.29. The summed E-state index contributed by atoms with van der Waals surface area (Å²) in [6.45, 7) is 0. The lowest BCUT2D eigenvalue weighted by Crippen LogP contribution is -1.96. The van der Waals surface area contributed by atoms with Crippen molar-refractivity contribution < 1.29 is 4.84 Å². The van der Waals surface area contributed by atoms with Crippen LogP contribution in [0.2, 0.25) is 0 Å². The van der Waals surface area contributed by atoms with Crippen LogP contribution in [-0.2, 0) is 0 Å². The SMILES string of the molecule is S=C1CC=NOc2ccccc21. The molecule has 2 nitrogen and oxygen atoms in total. The molecule has 1 aliphatic heterocycles. The first kappa shape index (κ1) is 7.43. The van der Waals surface area contributed by atoms with Crippen LogP contribution in [0, 0.1) is 0 Å². The number of oxime groups is 1. The van der Waals surface area contributed by atoms with Crippen LogP contribution in [0.15, 0.2) is 29.4 Å². The van der Waals surface area contributed by atoms with E-state index >= 15 is 0 Å². The molecule has 0 bridgehead atoms. The number of thiocarbonyl (C=S) groups is 1. The highest BCUT2D eigenvalue weighted by atomic mass is 32.1. The highest BCUT2D eigenvalue weighted by molar-refractivity contribution is 7.80. The molecule has 1 aromatic rings. The molecule has 0 aromatic heterocycles. The second-order valence-corrected chi connectivity index (χ2v) is 3.00. The van der Waals surface area contributed by atoms with E-state index in [1.807, 2.05) is 24.3 Å². The first-order valence-corrected chi connectivity index (χ1v) is 4.10. The first-order chi connectivity index (χ1) is 5.88. The van der Waals surface area contributed by atoms with Crippen molar-refractivity contribution in [2.75, 3.05) is 0 Å². The van der Waals surface area contributed by atoms with Gasteiger partial charge in [-0.25, -0.2) is 0 Å². The summed E-state index contributed by atoms with van der Waals surface area (Å²) < 4.78 is 0. The van der Waals surface area contributed by atoms with Crippen molar-refractivity contribution in [3.63, 3.8) is 0 Å². The maximum atomic E-state index is 5.18. The third kappa shape index (κ3) is 1.23. The minimum absolute atomic E-state index is 0.687. The van der Waals surface area contributed by atoms with Crippen LogP contribution in [-0.4, -0.2) is 11.1 Å². The number of benzene rings is 1. The van der Waals surface area contributed by atoms with Gasteiger partial charge in [0.15, 0.2) is 5.75 Å². The Bertz CT molecular complexity index is 346. The fourth-order valence-electron chi connectivity index (χ4n) is 1.10. The third-order valence-electron chi connectivity index (χ3n) is 1.69. The molecule has 0 saturated carbocycles. The van der Waals surface area contributed by atoms with Crippen LogP contribution in [0.1, 0.15) is 12.0 Å². The standard InChI is InChI=1S/C9H7NOS/c12-9-5-6-10-11-8-4-2-1-3-7(8)9/h1-4,6H,5H2. The van der Waals surface area contributed by atoms with Crippen molar-refractivity contribution in [2.45, 2.75) is 6.42 Å². The summed E-state index contributed by atoms with van der Waals surface area (Å²) in [4.78, 5) is 5.98. The molecule has 3 heteroatoms. The highest BCUT2D eigenvalue weighted by Crippen LogP contribution is 2.21. The zero-order valence-corrected chi connectivity index (χ0v) is 7.17. The maximum Gasteiger partial charge on any atom is 0.166 e. The van der Waals surface area contributed by atoms with Crippen LogP contribution >= 0.6 is 12.2 Å². The van der Waals surface area contributed by atoms with Gasteiger partial charge in [0.05, 0.1) is 0 Å². The zero-order valence-electron chi connectivity index (χ0n) is 6.36. The Morgan fingerprint density at radius 3 is 3.08 bits per heavy atom. The van der Waals surface area contributed by atoms with Crippen LogP contribution in [0.4, 0.5) is 0 Å². The Morgan fingerprint density at radius 2 is 2.17 bits per heavy atom. The molecule has 0 N–H and O–H groups in total. The average molecular weight is 177 g/mol. The summed E-state index contributed by atoms with van der Waals surface area (Å²) in [5.74, 6) is 0.747. The van der Waals surface area contributed by atoms with Crippen LogP contribution in [0.5, 0.6) is 5.75 Å². The van der Waals surface area contributed by atoms with E-state index in [9.17, 15) is 0 Å². The van der Waals surface area contributed by atoms with Gasteiger partial charge in [-0.1, -0.05) is 29.5 Å². The summed E-state index contributed by atoms with van der Waals surface area (Å²) in [7, 11) is 0. The highest BCUT2D eigenvalue weighted by Gasteiger charge is 2.09. The van der Waals surface area contributed by atoms with Crippen molar-refractivity contribution in [1.82, 2.24) is 0 Å². The molecule has 0 fully saturated rings. The number of fused-ring (bicyclic) bond motifs is 1. The van der Waals surface area contributed by atoms with E-state index in [-0.39, 0.29) is 0 Å². The summed E-state index contributed by atoms with van der Waals surface area (Å²) in [6.07, 6.45) is 2.37. The molecule has 0 amide bonds. The van der Waals surface area contributed by atoms with E-state index < -0.39 is 0 Å². The molecule has 0 spiro atoms. The number of hydrogen-bond acceptors (Lipinski definition) is 3. The van der Waals surface area contributed by atoms with Crippen LogP contribution < -0.4 is 4.84 Å². The predicted octanol–water partition coefficient (Wildman–Crippen LogP) is 2.17. The lowest BCUT2D eigenvalue weighted by atomic mass is 10.1. The van der Waals surface area contributed by atoms with E-state index in [1.54, 1.807) is 6.21 Å². The Kier molecular flexibility index (Phi) is 1.87. The van der Waals surface area contributed by atoms with Crippen molar-refractivity contribution in [3.05, 3.63) is 29.8 Å². The van der Waals surface area contributed by atoms with Gasteiger partial charge in [-0.05, 0) is 12.1 Å². The maximum absolute atomic E-state index is 5.18. The summed E-state index contributed by atoms with van der Waals surface area (Å²) in [5.41, 5.74) is 0.977. The molecule has 1 aromatic carbocycles. The van der Waals surface area contributed by atoms with Crippen molar-refractivity contribution in [1.29, 1.82) is 0 Å². The lowest BCUT2D eigenvalue weighted by Gasteiger charge is -2.02. The van der Waals surface area contributed by atoms with Gasteiger partial charge in [0.25, 0.3) is 0 Å². The Balaban J connectivity index is 2.52. The van der Waals surface area contributed by atoms with Crippen molar-refractivity contribution in [3.8, 4) is 5.75 Å². The van der Waals surface area contributed by atoms with Crippen LogP contribution in [0.25, 0.3) is 0 Å². The molecular formula is C9H7NOS. The molecular weight excluding hydrogens is 170 g/mol. The second kappa shape index (κ2) is 3.03. The molecule has 0 aliphatic carbocycles. The van der Waals surface area contributed by atoms with Crippen molar-refractivity contribution >= 4 is 23.3 Å². The zero-order chi connectivity index (χ0) is 8.39. The quantitative estimate of drug-likeness (QED) is 0.566. The normalized spacial score (nSPS) is 14.8. The smallest absolute Gasteiger partial charge is 0.166 e. The van der Waals surface area contributed by atoms with Crippen molar-refractivity contribution in [2.24, 2.45) is 5.16 Å². The number of rotatable bonds is 0. The van der Waals surface area contributed by atoms with Gasteiger partial charge < -0.3 is 4.84 Å². The Morgan fingerprint density at radius 1 is 1.33 bits per heavy atom.